The molecule has 2 aromatic carbocycles. The van der Waals surface area contributed by atoms with Gasteiger partial charge in [-0.1, -0.05) is 25.1 Å². The number of para-hydroxylation sites is 1. The fraction of sp³-hybridized carbons (Fsp3) is 0.350. The van der Waals surface area contributed by atoms with Gasteiger partial charge < -0.3 is 19.5 Å². The number of carbonyl (C=O) groups excluding carboxylic acids is 1. The predicted molar refractivity (Wildman–Crippen MR) is 98.6 cm³/mol. The van der Waals surface area contributed by atoms with Gasteiger partial charge in [0.15, 0.2) is 0 Å². The number of amides is 1. The summed E-state index contributed by atoms with van der Waals surface area (Å²) in [5.41, 5.74) is 1.18. The summed E-state index contributed by atoms with van der Waals surface area (Å²) in [6, 6.07) is 14.5. The number of benzene rings is 2. The molecule has 0 aromatic heterocycles. The third-order valence-corrected chi connectivity index (χ3v) is 3.39. The largest absolute Gasteiger partial charge is 0.493 e. The zero-order chi connectivity index (χ0) is 17.9. The first-order valence-electron chi connectivity index (χ1n) is 8.58. The molecule has 0 saturated carbocycles. The zero-order valence-electron chi connectivity index (χ0n) is 14.8. The first-order chi connectivity index (χ1) is 12.2. The van der Waals surface area contributed by atoms with Gasteiger partial charge in [0.2, 0.25) is 0 Å². The molecule has 1 N–H and O–H groups in total. The second-order valence-electron chi connectivity index (χ2n) is 5.37. The smallest absolute Gasteiger partial charge is 0.259 e. The molecule has 0 atom stereocenters. The lowest BCUT2D eigenvalue weighted by molar-refractivity contribution is 0.102. The van der Waals surface area contributed by atoms with Gasteiger partial charge in [-0.25, -0.2) is 0 Å². The van der Waals surface area contributed by atoms with Crippen molar-refractivity contribution in [2.24, 2.45) is 0 Å². The third kappa shape index (κ3) is 6.12. The van der Waals surface area contributed by atoms with Crippen molar-refractivity contribution >= 4 is 11.6 Å². The van der Waals surface area contributed by atoms with Crippen molar-refractivity contribution < 1.29 is 19.0 Å². The molecule has 5 nitrogen and oxygen atoms in total. The van der Waals surface area contributed by atoms with E-state index in [1.54, 1.807) is 18.2 Å². The van der Waals surface area contributed by atoms with E-state index in [-0.39, 0.29) is 5.91 Å². The quantitative estimate of drug-likeness (QED) is 0.659. The van der Waals surface area contributed by atoms with Crippen LogP contribution in [0.2, 0.25) is 0 Å². The normalized spacial score (nSPS) is 10.3. The van der Waals surface area contributed by atoms with Crippen molar-refractivity contribution in [1.82, 2.24) is 0 Å². The monoisotopic (exact) mass is 343 g/mol. The van der Waals surface area contributed by atoms with Crippen LogP contribution >= 0.6 is 0 Å². The van der Waals surface area contributed by atoms with Gasteiger partial charge in [0.1, 0.15) is 18.1 Å². The summed E-state index contributed by atoms with van der Waals surface area (Å²) < 4.78 is 16.5. The van der Waals surface area contributed by atoms with Gasteiger partial charge in [-0.3, -0.25) is 4.79 Å². The van der Waals surface area contributed by atoms with E-state index in [1.807, 2.05) is 44.2 Å². The highest BCUT2D eigenvalue weighted by molar-refractivity contribution is 6.06. The van der Waals surface area contributed by atoms with Gasteiger partial charge in [0.05, 0.1) is 18.8 Å². The molecule has 0 aliphatic rings. The summed E-state index contributed by atoms with van der Waals surface area (Å²) in [6.45, 7) is 6.22. The van der Waals surface area contributed by atoms with E-state index in [9.17, 15) is 4.79 Å². The second-order valence-corrected chi connectivity index (χ2v) is 5.37. The molecule has 0 radical (unpaired) electrons. The van der Waals surface area contributed by atoms with E-state index < -0.39 is 0 Å². The Kier molecular flexibility index (Phi) is 7.79. The Morgan fingerprint density at radius 3 is 2.60 bits per heavy atom. The lowest BCUT2D eigenvalue weighted by Crippen LogP contribution is -2.14. The number of hydrogen-bond acceptors (Lipinski definition) is 4. The van der Waals surface area contributed by atoms with Crippen LogP contribution in [-0.4, -0.2) is 32.3 Å². The van der Waals surface area contributed by atoms with Crippen LogP contribution in [0, 0.1) is 0 Å². The average Bonchev–Trinajstić information content (AvgIpc) is 2.64. The lowest BCUT2D eigenvalue weighted by Gasteiger charge is -2.12. The maximum absolute atomic E-state index is 12.6. The Hall–Kier alpha value is -2.53. The van der Waals surface area contributed by atoms with Crippen LogP contribution in [0.5, 0.6) is 11.5 Å². The Morgan fingerprint density at radius 2 is 1.80 bits per heavy atom. The fourth-order valence-electron chi connectivity index (χ4n) is 2.22. The standard InChI is InChI=1S/C20H25NO4/c1-3-12-25-19-11-6-5-10-18(19)20(22)21-16-8-7-9-17(15-16)24-14-13-23-4-2/h5-11,15H,3-4,12-14H2,1-2H3,(H,21,22). The number of carbonyl (C=O) groups is 1. The third-order valence-electron chi connectivity index (χ3n) is 3.39. The number of ether oxygens (including phenoxy) is 3. The van der Waals surface area contributed by atoms with E-state index in [0.29, 0.717) is 49.2 Å². The van der Waals surface area contributed by atoms with E-state index in [1.165, 1.54) is 0 Å². The first-order valence-corrected chi connectivity index (χ1v) is 8.58. The molecule has 2 rings (SSSR count). The van der Waals surface area contributed by atoms with Crippen LogP contribution in [0.25, 0.3) is 0 Å². The van der Waals surface area contributed by atoms with Crippen LogP contribution < -0.4 is 14.8 Å². The molecule has 0 saturated heterocycles. The highest BCUT2D eigenvalue weighted by Crippen LogP contribution is 2.22. The Bertz CT molecular complexity index is 672. The van der Waals surface area contributed by atoms with Crippen LogP contribution in [0.3, 0.4) is 0 Å². The maximum atomic E-state index is 12.6. The van der Waals surface area contributed by atoms with Gasteiger partial charge >= 0.3 is 0 Å². The number of nitrogens with one attached hydrogen (secondary N) is 1. The molecule has 0 fully saturated rings. The molecule has 5 heteroatoms. The summed E-state index contributed by atoms with van der Waals surface area (Å²) in [6.07, 6.45) is 0.886. The summed E-state index contributed by atoms with van der Waals surface area (Å²) >= 11 is 0. The molecule has 0 aliphatic heterocycles. The van der Waals surface area contributed by atoms with Crippen molar-refractivity contribution in [3.05, 3.63) is 54.1 Å². The Labute approximate surface area is 148 Å². The molecule has 1 amide bonds. The van der Waals surface area contributed by atoms with Crippen molar-refractivity contribution in [2.45, 2.75) is 20.3 Å². The van der Waals surface area contributed by atoms with Crippen LogP contribution in [-0.2, 0) is 4.74 Å². The molecular formula is C20H25NO4. The van der Waals surface area contributed by atoms with Gasteiger partial charge in [-0.2, -0.15) is 0 Å². The molecular weight excluding hydrogens is 318 g/mol. The van der Waals surface area contributed by atoms with Crippen molar-refractivity contribution in [2.75, 3.05) is 31.7 Å². The molecule has 0 heterocycles. The predicted octanol–water partition coefficient (Wildman–Crippen LogP) is 4.14. The minimum atomic E-state index is -0.210. The van der Waals surface area contributed by atoms with E-state index in [4.69, 9.17) is 14.2 Å². The van der Waals surface area contributed by atoms with E-state index >= 15 is 0 Å². The van der Waals surface area contributed by atoms with Crippen molar-refractivity contribution in [3.8, 4) is 11.5 Å². The lowest BCUT2D eigenvalue weighted by atomic mass is 10.2. The zero-order valence-corrected chi connectivity index (χ0v) is 14.8. The Morgan fingerprint density at radius 1 is 0.960 bits per heavy atom. The molecule has 0 bridgehead atoms. The molecule has 0 unspecified atom stereocenters. The van der Waals surface area contributed by atoms with Gasteiger partial charge in [-0.05, 0) is 37.6 Å². The highest BCUT2D eigenvalue weighted by atomic mass is 16.5. The summed E-state index contributed by atoms with van der Waals surface area (Å²) in [4.78, 5) is 12.6. The second kappa shape index (κ2) is 10.4. The number of rotatable bonds is 10. The molecule has 134 valence electrons. The topological polar surface area (TPSA) is 56.8 Å². The Balaban J connectivity index is 2.01. The van der Waals surface area contributed by atoms with Gasteiger partial charge in [0.25, 0.3) is 5.91 Å². The van der Waals surface area contributed by atoms with Gasteiger partial charge in [0, 0.05) is 18.4 Å². The molecule has 25 heavy (non-hydrogen) atoms. The average molecular weight is 343 g/mol. The summed E-state index contributed by atoms with van der Waals surface area (Å²) in [5.74, 6) is 1.07. The fourth-order valence-corrected chi connectivity index (χ4v) is 2.22. The van der Waals surface area contributed by atoms with Crippen LogP contribution in [0.1, 0.15) is 30.6 Å². The van der Waals surface area contributed by atoms with Crippen molar-refractivity contribution in [1.29, 1.82) is 0 Å². The number of anilines is 1. The summed E-state index contributed by atoms with van der Waals surface area (Å²) in [7, 11) is 0. The van der Waals surface area contributed by atoms with Crippen LogP contribution in [0.4, 0.5) is 5.69 Å². The minimum absolute atomic E-state index is 0.210. The molecule has 0 aliphatic carbocycles. The maximum Gasteiger partial charge on any atom is 0.259 e. The SMILES string of the molecule is CCCOc1ccccc1C(=O)Nc1cccc(OCCOCC)c1. The van der Waals surface area contributed by atoms with Crippen LogP contribution in [0.15, 0.2) is 48.5 Å². The first kappa shape index (κ1) is 18.8. The molecule has 2 aromatic rings. The minimum Gasteiger partial charge on any atom is -0.493 e. The number of hydrogen-bond donors (Lipinski definition) is 1. The van der Waals surface area contributed by atoms with E-state index in [2.05, 4.69) is 5.32 Å². The highest BCUT2D eigenvalue weighted by Gasteiger charge is 2.12. The van der Waals surface area contributed by atoms with E-state index in [0.717, 1.165) is 6.42 Å². The van der Waals surface area contributed by atoms with Crippen molar-refractivity contribution in [3.63, 3.8) is 0 Å². The van der Waals surface area contributed by atoms with Gasteiger partial charge in [-0.15, -0.1) is 0 Å². The molecule has 0 spiro atoms. The summed E-state index contributed by atoms with van der Waals surface area (Å²) in [5, 5.41) is 2.89.